The third-order valence-corrected chi connectivity index (χ3v) is 2.96. The van der Waals surface area contributed by atoms with Gasteiger partial charge in [0.1, 0.15) is 0 Å². The van der Waals surface area contributed by atoms with E-state index in [0.717, 1.165) is 34.3 Å². The van der Waals surface area contributed by atoms with E-state index < -0.39 is 0 Å². The lowest BCUT2D eigenvalue weighted by molar-refractivity contribution is 1.05. The monoisotopic (exact) mass is 248 g/mol. The number of hydrogen-bond donors (Lipinski definition) is 1. The van der Waals surface area contributed by atoms with Crippen LogP contribution in [0.2, 0.25) is 0 Å². The third kappa shape index (κ3) is 1.53. The summed E-state index contributed by atoms with van der Waals surface area (Å²) in [6.45, 7) is 0.892. The van der Waals surface area contributed by atoms with Gasteiger partial charge in [0.2, 0.25) is 0 Å². The van der Waals surface area contributed by atoms with E-state index in [9.17, 15) is 0 Å². The molecule has 3 heteroatoms. The van der Waals surface area contributed by atoms with Crippen LogP contribution in [-0.2, 0) is 0 Å². The number of nitrogens with one attached hydrogen (secondary N) is 1. The lowest BCUT2D eigenvalue weighted by atomic mass is 9.97. The number of para-hydroxylation sites is 1. The van der Waals surface area contributed by atoms with Crippen molar-refractivity contribution in [2.75, 3.05) is 11.9 Å². The highest BCUT2D eigenvalue weighted by Gasteiger charge is 2.14. The van der Waals surface area contributed by atoms with E-state index in [-0.39, 0.29) is 0 Å². The first kappa shape index (κ1) is 9.29. The van der Waals surface area contributed by atoms with Gasteiger partial charge in [-0.2, -0.15) is 5.26 Å². The molecule has 70 valence electrons. The first-order valence-corrected chi connectivity index (χ1v) is 5.23. The van der Waals surface area contributed by atoms with Gasteiger partial charge >= 0.3 is 0 Å². The Balaban J connectivity index is 2.57. The van der Waals surface area contributed by atoms with Gasteiger partial charge in [0.25, 0.3) is 0 Å². The van der Waals surface area contributed by atoms with Crippen LogP contribution in [0.5, 0.6) is 0 Å². The molecule has 1 heterocycles. The summed E-state index contributed by atoms with van der Waals surface area (Å²) in [5, 5.41) is 12.0. The van der Waals surface area contributed by atoms with Crippen molar-refractivity contribution in [3.63, 3.8) is 0 Å². The molecule has 0 saturated heterocycles. The van der Waals surface area contributed by atoms with Gasteiger partial charge in [-0.05, 0) is 34.0 Å². The molecule has 0 fully saturated rings. The summed E-state index contributed by atoms with van der Waals surface area (Å²) < 4.78 is 1.05. The molecule has 0 unspecified atom stereocenters. The molecule has 0 amide bonds. The SMILES string of the molecule is N#C/C=C1\CCNc2c(Br)cccc21. The van der Waals surface area contributed by atoms with Gasteiger partial charge < -0.3 is 5.32 Å². The van der Waals surface area contributed by atoms with Crippen molar-refractivity contribution in [1.29, 1.82) is 5.26 Å². The molecule has 0 saturated carbocycles. The van der Waals surface area contributed by atoms with E-state index in [2.05, 4.69) is 27.3 Å². The van der Waals surface area contributed by atoms with E-state index in [1.807, 2.05) is 18.2 Å². The molecule has 14 heavy (non-hydrogen) atoms. The molecule has 0 aliphatic carbocycles. The van der Waals surface area contributed by atoms with Crippen LogP contribution in [0.4, 0.5) is 5.69 Å². The number of nitriles is 1. The molecule has 0 aromatic heterocycles. The van der Waals surface area contributed by atoms with Gasteiger partial charge in [0, 0.05) is 22.7 Å². The zero-order chi connectivity index (χ0) is 9.97. The first-order valence-electron chi connectivity index (χ1n) is 4.44. The van der Waals surface area contributed by atoms with E-state index in [0.29, 0.717) is 0 Å². The predicted octanol–water partition coefficient (Wildman–Crippen LogP) is 3.17. The number of anilines is 1. The lowest BCUT2D eigenvalue weighted by Crippen LogP contribution is -2.11. The van der Waals surface area contributed by atoms with Crippen molar-refractivity contribution in [3.8, 4) is 6.07 Å². The molecule has 0 bridgehead atoms. The summed E-state index contributed by atoms with van der Waals surface area (Å²) in [6.07, 6.45) is 2.54. The molecule has 1 aromatic rings. The number of benzene rings is 1. The lowest BCUT2D eigenvalue weighted by Gasteiger charge is -2.21. The minimum Gasteiger partial charge on any atom is -0.383 e. The van der Waals surface area contributed by atoms with Crippen LogP contribution >= 0.6 is 15.9 Å². The smallest absolute Gasteiger partial charge is 0.0915 e. The number of hydrogen-bond acceptors (Lipinski definition) is 2. The third-order valence-electron chi connectivity index (χ3n) is 2.29. The number of allylic oxidation sites excluding steroid dienone is 1. The minimum absolute atomic E-state index is 0.892. The van der Waals surface area contributed by atoms with Gasteiger partial charge in [-0.1, -0.05) is 12.1 Å². The van der Waals surface area contributed by atoms with Crippen molar-refractivity contribution in [2.45, 2.75) is 6.42 Å². The molecule has 0 atom stereocenters. The standard InChI is InChI=1S/C11H9BrN2/c12-10-3-1-2-9-8(4-6-13)5-7-14-11(9)10/h1-4,14H,5,7H2/b8-4+. The van der Waals surface area contributed by atoms with Crippen molar-refractivity contribution in [1.82, 2.24) is 0 Å². The summed E-state index contributed by atoms with van der Waals surface area (Å²) in [6, 6.07) is 8.12. The summed E-state index contributed by atoms with van der Waals surface area (Å²) in [7, 11) is 0. The molecular weight excluding hydrogens is 240 g/mol. The van der Waals surface area contributed by atoms with Crippen LogP contribution in [-0.4, -0.2) is 6.54 Å². The van der Waals surface area contributed by atoms with Crippen LogP contribution < -0.4 is 5.32 Å². The van der Waals surface area contributed by atoms with Crippen LogP contribution in [0.15, 0.2) is 28.7 Å². The van der Waals surface area contributed by atoms with Gasteiger partial charge in [0.05, 0.1) is 11.8 Å². The van der Waals surface area contributed by atoms with Gasteiger partial charge in [-0.15, -0.1) is 0 Å². The van der Waals surface area contributed by atoms with Crippen molar-refractivity contribution < 1.29 is 0 Å². The topological polar surface area (TPSA) is 35.8 Å². The molecular formula is C11H9BrN2. The van der Waals surface area contributed by atoms with Crippen molar-refractivity contribution >= 4 is 27.2 Å². The Hall–Kier alpha value is -1.27. The second kappa shape index (κ2) is 3.85. The Kier molecular flexibility index (Phi) is 2.55. The summed E-state index contributed by atoms with van der Waals surface area (Å²) in [5.41, 5.74) is 3.34. The second-order valence-corrected chi connectivity index (χ2v) is 3.99. The molecule has 1 N–H and O–H groups in total. The largest absolute Gasteiger partial charge is 0.383 e. The summed E-state index contributed by atoms with van der Waals surface area (Å²) in [5.74, 6) is 0. The summed E-state index contributed by atoms with van der Waals surface area (Å²) >= 11 is 3.49. The minimum atomic E-state index is 0.892. The van der Waals surface area contributed by atoms with E-state index in [1.54, 1.807) is 6.08 Å². The zero-order valence-electron chi connectivity index (χ0n) is 7.55. The maximum atomic E-state index is 8.65. The molecule has 1 aromatic carbocycles. The Labute approximate surface area is 91.4 Å². The highest BCUT2D eigenvalue weighted by Crippen LogP contribution is 2.35. The van der Waals surface area contributed by atoms with Crippen molar-refractivity contribution in [3.05, 3.63) is 34.3 Å². The molecule has 0 radical (unpaired) electrons. The summed E-state index contributed by atoms with van der Waals surface area (Å²) in [4.78, 5) is 0. The van der Waals surface area contributed by atoms with Crippen LogP contribution in [0.25, 0.3) is 5.57 Å². The van der Waals surface area contributed by atoms with Gasteiger partial charge in [-0.25, -0.2) is 0 Å². The average molecular weight is 249 g/mol. The molecule has 1 aliphatic rings. The first-order chi connectivity index (χ1) is 6.83. The number of fused-ring (bicyclic) bond motifs is 1. The highest BCUT2D eigenvalue weighted by atomic mass is 79.9. The Morgan fingerprint density at radius 2 is 2.36 bits per heavy atom. The van der Waals surface area contributed by atoms with Crippen LogP contribution in [0, 0.1) is 11.3 Å². The maximum Gasteiger partial charge on any atom is 0.0915 e. The normalized spacial score (nSPS) is 17.0. The Morgan fingerprint density at radius 1 is 1.50 bits per heavy atom. The number of halogens is 1. The fourth-order valence-corrected chi connectivity index (χ4v) is 2.16. The maximum absolute atomic E-state index is 8.65. The quantitative estimate of drug-likeness (QED) is 0.717. The number of nitrogens with zero attached hydrogens (tertiary/aromatic N) is 1. The predicted molar refractivity (Wildman–Crippen MR) is 60.8 cm³/mol. The molecule has 2 nitrogen and oxygen atoms in total. The average Bonchev–Trinajstić information content (AvgIpc) is 2.20. The fraction of sp³-hybridized carbons (Fsp3) is 0.182. The van der Waals surface area contributed by atoms with Crippen molar-refractivity contribution in [2.24, 2.45) is 0 Å². The fourth-order valence-electron chi connectivity index (χ4n) is 1.66. The van der Waals surface area contributed by atoms with Crippen LogP contribution in [0.1, 0.15) is 12.0 Å². The second-order valence-electron chi connectivity index (χ2n) is 3.14. The zero-order valence-corrected chi connectivity index (χ0v) is 9.13. The van der Waals surface area contributed by atoms with Gasteiger partial charge in [-0.3, -0.25) is 0 Å². The molecule has 0 spiro atoms. The van der Waals surface area contributed by atoms with E-state index in [1.165, 1.54) is 0 Å². The molecule has 2 rings (SSSR count). The van der Waals surface area contributed by atoms with Gasteiger partial charge in [0.15, 0.2) is 0 Å². The van der Waals surface area contributed by atoms with Crippen LogP contribution in [0.3, 0.4) is 0 Å². The Morgan fingerprint density at radius 3 is 3.14 bits per heavy atom. The highest BCUT2D eigenvalue weighted by molar-refractivity contribution is 9.10. The van der Waals surface area contributed by atoms with E-state index in [4.69, 9.17) is 5.26 Å². The molecule has 1 aliphatic heterocycles. The van der Waals surface area contributed by atoms with E-state index >= 15 is 0 Å². The Bertz CT molecular complexity index is 429. The number of rotatable bonds is 0.